The molecule has 0 aliphatic rings. The number of aryl methyl sites for hydroxylation is 3. The van der Waals surface area contributed by atoms with Gasteiger partial charge in [0.25, 0.3) is 0 Å². The number of anilines is 1. The summed E-state index contributed by atoms with van der Waals surface area (Å²) in [6.07, 6.45) is 1.86. The van der Waals surface area contributed by atoms with E-state index in [1.165, 1.54) is 19.2 Å². The lowest BCUT2D eigenvalue weighted by atomic mass is 10.0. The average molecular weight is 435 g/mol. The molecule has 0 radical (unpaired) electrons. The fraction of sp³-hybridized carbons (Fsp3) is 0.280. The smallest absolute Gasteiger partial charge is 0.414 e. The van der Waals surface area contributed by atoms with Crippen molar-refractivity contribution in [2.75, 3.05) is 18.6 Å². The van der Waals surface area contributed by atoms with Gasteiger partial charge in [-0.25, -0.2) is 9.18 Å². The van der Waals surface area contributed by atoms with Crippen molar-refractivity contribution >= 4 is 17.6 Å². The quantitative estimate of drug-likeness (QED) is 0.471. The summed E-state index contributed by atoms with van der Waals surface area (Å²) in [5.74, 6) is -0.616. The second-order valence-corrected chi connectivity index (χ2v) is 7.48. The number of ketones is 1. The van der Waals surface area contributed by atoms with Crippen molar-refractivity contribution in [1.29, 1.82) is 0 Å². The summed E-state index contributed by atoms with van der Waals surface area (Å²) < 4.78 is 19.5. The van der Waals surface area contributed by atoms with Crippen LogP contribution in [0.2, 0.25) is 0 Å². The van der Waals surface area contributed by atoms with Gasteiger partial charge < -0.3 is 4.74 Å². The van der Waals surface area contributed by atoms with Crippen LogP contribution in [0.15, 0.2) is 48.7 Å². The van der Waals surface area contributed by atoms with Crippen molar-refractivity contribution in [2.45, 2.75) is 33.6 Å². The Balaban J connectivity index is 1.69. The molecule has 0 bridgehead atoms. The van der Waals surface area contributed by atoms with Crippen LogP contribution in [0, 0.1) is 19.7 Å². The zero-order chi connectivity index (χ0) is 23.3. The summed E-state index contributed by atoms with van der Waals surface area (Å²) in [5, 5.41) is 0. The number of carbonyl (C=O) groups is 2. The van der Waals surface area contributed by atoms with Crippen LogP contribution in [0.25, 0.3) is 11.1 Å². The van der Waals surface area contributed by atoms with Crippen LogP contribution >= 0.6 is 0 Å². The van der Waals surface area contributed by atoms with Gasteiger partial charge in [0, 0.05) is 36.6 Å². The number of aromatic nitrogens is 2. The lowest BCUT2D eigenvalue weighted by Gasteiger charge is -2.17. The lowest BCUT2D eigenvalue weighted by molar-refractivity contribution is 0.0978. The van der Waals surface area contributed by atoms with E-state index in [0.717, 1.165) is 21.9 Å². The number of pyridine rings is 2. The number of rotatable bonds is 7. The Morgan fingerprint density at radius 2 is 1.81 bits per heavy atom. The molecule has 0 N–H and O–H groups in total. The van der Waals surface area contributed by atoms with E-state index in [-0.39, 0.29) is 18.1 Å². The number of benzene rings is 1. The molecular formula is C25H26FN3O3. The van der Waals surface area contributed by atoms with E-state index in [9.17, 15) is 14.0 Å². The minimum absolute atomic E-state index is 0.0610. The number of Topliss-reactive ketones (excluding diaryl/α,β-unsaturated/α-hetero) is 1. The molecular weight excluding hydrogens is 409 g/mol. The number of hydrogen-bond donors (Lipinski definition) is 0. The van der Waals surface area contributed by atoms with Gasteiger partial charge in [0.15, 0.2) is 5.78 Å². The van der Waals surface area contributed by atoms with E-state index in [4.69, 9.17) is 4.74 Å². The van der Waals surface area contributed by atoms with Crippen molar-refractivity contribution < 1.29 is 18.7 Å². The molecule has 0 atom stereocenters. The van der Waals surface area contributed by atoms with Crippen LogP contribution in [0.1, 0.15) is 40.8 Å². The van der Waals surface area contributed by atoms with Gasteiger partial charge in [-0.1, -0.05) is 18.2 Å². The van der Waals surface area contributed by atoms with Gasteiger partial charge in [-0.3, -0.25) is 19.7 Å². The number of amides is 1. The molecule has 2 heterocycles. The van der Waals surface area contributed by atoms with Gasteiger partial charge in [-0.2, -0.15) is 0 Å². The molecule has 0 saturated carbocycles. The van der Waals surface area contributed by atoms with Gasteiger partial charge >= 0.3 is 6.09 Å². The van der Waals surface area contributed by atoms with Crippen LogP contribution in [-0.2, 0) is 11.2 Å². The summed E-state index contributed by atoms with van der Waals surface area (Å²) in [5.41, 5.74) is 4.68. The first kappa shape index (κ1) is 23.1. The average Bonchev–Trinajstić information content (AvgIpc) is 2.78. The predicted molar refractivity (Wildman–Crippen MR) is 121 cm³/mol. The molecule has 1 amide bonds. The third-order valence-electron chi connectivity index (χ3n) is 5.19. The maximum Gasteiger partial charge on any atom is 0.414 e. The Hall–Kier alpha value is -3.61. The summed E-state index contributed by atoms with van der Waals surface area (Å²) in [6, 6.07) is 11.9. The molecule has 166 valence electrons. The topological polar surface area (TPSA) is 72.4 Å². The molecule has 0 aliphatic heterocycles. The highest BCUT2D eigenvalue weighted by atomic mass is 19.1. The van der Waals surface area contributed by atoms with Crippen LogP contribution in [0.3, 0.4) is 0 Å². The molecule has 2 aromatic heterocycles. The van der Waals surface area contributed by atoms with Crippen LogP contribution in [-0.4, -0.2) is 35.5 Å². The largest absolute Gasteiger partial charge is 0.449 e. The van der Waals surface area contributed by atoms with Crippen LogP contribution in [0.5, 0.6) is 0 Å². The second-order valence-electron chi connectivity index (χ2n) is 7.48. The highest BCUT2D eigenvalue weighted by molar-refractivity contribution is 5.94. The number of ether oxygens (including phenoxy) is 1. The molecule has 3 rings (SSSR count). The first-order chi connectivity index (χ1) is 15.3. The zero-order valence-corrected chi connectivity index (χ0v) is 18.7. The normalized spacial score (nSPS) is 10.7. The van der Waals surface area contributed by atoms with Gasteiger partial charge in [-0.15, -0.1) is 0 Å². The molecule has 7 heteroatoms. The maximum atomic E-state index is 14.6. The minimum Gasteiger partial charge on any atom is -0.449 e. The Labute approximate surface area is 187 Å². The third kappa shape index (κ3) is 5.35. The Bertz CT molecular complexity index is 1130. The second kappa shape index (κ2) is 10.1. The van der Waals surface area contributed by atoms with Crippen molar-refractivity contribution in [1.82, 2.24) is 9.97 Å². The van der Waals surface area contributed by atoms with Gasteiger partial charge in [0.2, 0.25) is 0 Å². The predicted octanol–water partition coefficient (Wildman–Crippen LogP) is 5.31. The molecule has 3 aromatic rings. The van der Waals surface area contributed by atoms with E-state index in [1.54, 1.807) is 31.3 Å². The Morgan fingerprint density at radius 3 is 2.44 bits per heavy atom. The third-order valence-corrected chi connectivity index (χ3v) is 5.19. The summed E-state index contributed by atoms with van der Waals surface area (Å²) in [4.78, 5) is 34.2. The number of carbonyl (C=O) groups excluding carboxylic acids is 2. The van der Waals surface area contributed by atoms with Gasteiger partial charge in [0.1, 0.15) is 11.5 Å². The molecule has 0 spiro atoms. The van der Waals surface area contributed by atoms with E-state index in [0.29, 0.717) is 29.7 Å². The van der Waals surface area contributed by atoms with Crippen molar-refractivity contribution in [3.8, 4) is 11.1 Å². The Morgan fingerprint density at radius 1 is 1.06 bits per heavy atom. The molecule has 0 unspecified atom stereocenters. The van der Waals surface area contributed by atoms with Gasteiger partial charge in [0.05, 0.1) is 12.3 Å². The van der Waals surface area contributed by atoms with Gasteiger partial charge in [-0.05, 0) is 62.6 Å². The van der Waals surface area contributed by atoms with E-state index in [2.05, 4.69) is 9.97 Å². The van der Waals surface area contributed by atoms with Crippen molar-refractivity contribution in [2.24, 2.45) is 0 Å². The molecule has 6 nitrogen and oxygen atoms in total. The van der Waals surface area contributed by atoms with Crippen LogP contribution < -0.4 is 4.90 Å². The van der Waals surface area contributed by atoms with E-state index >= 15 is 0 Å². The highest BCUT2D eigenvalue weighted by Gasteiger charge is 2.17. The first-order valence-corrected chi connectivity index (χ1v) is 10.4. The fourth-order valence-corrected chi connectivity index (χ4v) is 3.36. The number of hydrogen-bond acceptors (Lipinski definition) is 5. The molecule has 0 saturated heterocycles. The molecule has 0 aliphatic carbocycles. The molecule has 32 heavy (non-hydrogen) atoms. The SMILES string of the molecule is CCOC(=O)N(C)c1ccc(-c2ccc(C(=O)CCc3ccc(C)nc3C)nc2)cc1F. The highest BCUT2D eigenvalue weighted by Crippen LogP contribution is 2.26. The zero-order valence-electron chi connectivity index (χ0n) is 18.7. The molecule has 1 aromatic carbocycles. The Kier molecular flexibility index (Phi) is 7.30. The summed E-state index contributed by atoms with van der Waals surface area (Å²) in [7, 11) is 1.45. The fourth-order valence-electron chi connectivity index (χ4n) is 3.36. The number of nitrogens with zero attached hydrogens (tertiary/aromatic N) is 3. The summed E-state index contributed by atoms with van der Waals surface area (Å²) in [6.45, 7) is 5.77. The lowest BCUT2D eigenvalue weighted by Crippen LogP contribution is -2.27. The summed E-state index contributed by atoms with van der Waals surface area (Å²) >= 11 is 0. The monoisotopic (exact) mass is 435 g/mol. The number of halogens is 1. The van der Waals surface area contributed by atoms with Crippen molar-refractivity contribution in [3.63, 3.8) is 0 Å². The van der Waals surface area contributed by atoms with E-state index < -0.39 is 11.9 Å². The minimum atomic E-state index is -0.625. The standard InChI is InChI=1S/C25H26FN3O3/c1-5-32-25(31)29(4)23-12-9-19(14-21(23)26)20-8-11-22(27-15-20)24(30)13-10-18-7-6-16(2)28-17(18)3/h6-9,11-12,14-15H,5,10,13H2,1-4H3. The maximum absolute atomic E-state index is 14.6. The molecule has 0 fully saturated rings. The van der Waals surface area contributed by atoms with Crippen molar-refractivity contribution in [3.05, 3.63) is 77.1 Å². The van der Waals surface area contributed by atoms with Crippen LogP contribution in [0.4, 0.5) is 14.9 Å². The van der Waals surface area contributed by atoms with E-state index in [1.807, 2.05) is 26.0 Å². The first-order valence-electron chi connectivity index (χ1n) is 10.4.